The molecule has 6 heteroatoms. The Morgan fingerprint density at radius 1 is 1.60 bits per heavy atom. The first kappa shape index (κ1) is 14.3. The minimum Gasteiger partial charge on any atom is -0.325 e. The highest BCUT2D eigenvalue weighted by Gasteiger charge is 2.45. The molecule has 1 N–H and O–H groups in total. The van der Waals surface area contributed by atoms with E-state index in [4.69, 9.17) is 0 Å². The molecule has 1 saturated heterocycles. The van der Waals surface area contributed by atoms with Gasteiger partial charge in [-0.25, -0.2) is 0 Å². The molecule has 108 valence electrons. The molecule has 1 fully saturated rings. The van der Waals surface area contributed by atoms with Gasteiger partial charge in [0, 0.05) is 19.3 Å². The maximum Gasteiger partial charge on any atom is 0.250 e. The van der Waals surface area contributed by atoms with E-state index in [1.807, 2.05) is 6.92 Å². The van der Waals surface area contributed by atoms with E-state index in [0.717, 1.165) is 13.0 Å². The quantitative estimate of drug-likeness (QED) is 0.845. The second-order valence-electron chi connectivity index (χ2n) is 5.11. The van der Waals surface area contributed by atoms with Crippen LogP contribution in [0.5, 0.6) is 0 Å². The summed E-state index contributed by atoms with van der Waals surface area (Å²) in [7, 11) is 0. The Kier molecular flexibility index (Phi) is 3.92. The van der Waals surface area contributed by atoms with Crippen LogP contribution in [-0.4, -0.2) is 38.6 Å². The molecule has 6 nitrogen and oxygen atoms in total. The molecule has 0 spiro atoms. The van der Waals surface area contributed by atoms with Crippen molar-refractivity contribution in [1.82, 2.24) is 14.7 Å². The number of carbonyl (C=O) groups is 2. The van der Waals surface area contributed by atoms with Crippen LogP contribution in [-0.2, 0) is 16.1 Å². The molecule has 2 heterocycles. The van der Waals surface area contributed by atoms with E-state index in [2.05, 4.69) is 17.0 Å². The van der Waals surface area contributed by atoms with Crippen molar-refractivity contribution in [1.29, 1.82) is 0 Å². The molecule has 1 unspecified atom stereocenters. The zero-order valence-corrected chi connectivity index (χ0v) is 11.9. The predicted octanol–water partition coefficient (Wildman–Crippen LogP) is 1.41. The van der Waals surface area contributed by atoms with Crippen LogP contribution >= 0.6 is 0 Å². The minimum absolute atomic E-state index is 0.180. The Morgan fingerprint density at radius 2 is 2.35 bits per heavy atom. The van der Waals surface area contributed by atoms with Crippen molar-refractivity contribution in [3.05, 3.63) is 25.0 Å². The predicted molar refractivity (Wildman–Crippen MR) is 76.1 cm³/mol. The zero-order chi connectivity index (χ0) is 14.8. The van der Waals surface area contributed by atoms with Gasteiger partial charge in [0.05, 0.1) is 11.9 Å². The largest absolute Gasteiger partial charge is 0.325 e. The Labute approximate surface area is 118 Å². The van der Waals surface area contributed by atoms with Gasteiger partial charge >= 0.3 is 0 Å². The van der Waals surface area contributed by atoms with Crippen molar-refractivity contribution in [3.8, 4) is 0 Å². The van der Waals surface area contributed by atoms with Gasteiger partial charge in [-0.15, -0.1) is 0 Å². The highest BCUT2D eigenvalue weighted by molar-refractivity contribution is 6.01. The molecule has 1 aromatic heterocycles. The molecule has 1 aromatic rings. The Hall–Kier alpha value is -2.11. The summed E-state index contributed by atoms with van der Waals surface area (Å²) in [6.45, 7) is 8.59. The van der Waals surface area contributed by atoms with Gasteiger partial charge in [0.25, 0.3) is 0 Å². The van der Waals surface area contributed by atoms with Crippen LogP contribution < -0.4 is 5.32 Å². The molecule has 0 bridgehead atoms. The summed E-state index contributed by atoms with van der Waals surface area (Å²) in [6.07, 6.45) is 6.11. The molecule has 1 aliphatic heterocycles. The highest BCUT2D eigenvalue weighted by atomic mass is 16.2. The summed E-state index contributed by atoms with van der Waals surface area (Å²) < 4.78 is 1.74. The monoisotopic (exact) mass is 276 g/mol. The molecule has 20 heavy (non-hydrogen) atoms. The van der Waals surface area contributed by atoms with E-state index in [0.29, 0.717) is 18.7 Å². The zero-order valence-electron chi connectivity index (χ0n) is 11.9. The third-order valence-corrected chi connectivity index (χ3v) is 3.79. The first-order valence-electron chi connectivity index (χ1n) is 6.79. The molecule has 1 atom stereocenters. The van der Waals surface area contributed by atoms with Crippen LogP contribution in [0, 0.1) is 0 Å². The van der Waals surface area contributed by atoms with E-state index < -0.39 is 5.54 Å². The van der Waals surface area contributed by atoms with Gasteiger partial charge in [-0.2, -0.15) is 5.10 Å². The highest BCUT2D eigenvalue weighted by Crippen LogP contribution is 2.30. The van der Waals surface area contributed by atoms with Crippen LogP contribution in [0.3, 0.4) is 0 Å². The lowest BCUT2D eigenvalue weighted by molar-refractivity contribution is -0.138. The van der Waals surface area contributed by atoms with E-state index in [1.165, 1.54) is 6.08 Å². The molecule has 0 aromatic carbocycles. The minimum atomic E-state index is -0.820. The number of amides is 2. The summed E-state index contributed by atoms with van der Waals surface area (Å²) in [5, 5.41) is 6.95. The first-order valence-corrected chi connectivity index (χ1v) is 6.79. The molecule has 0 saturated carbocycles. The molecule has 0 aliphatic carbocycles. The van der Waals surface area contributed by atoms with Crippen molar-refractivity contribution in [2.75, 3.05) is 11.9 Å². The number of nitrogens with zero attached hydrogens (tertiary/aromatic N) is 3. The van der Waals surface area contributed by atoms with E-state index in [9.17, 15) is 9.59 Å². The second kappa shape index (κ2) is 5.48. The van der Waals surface area contributed by atoms with Gasteiger partial charge in [-0.1, -0.05) is 6.58 Å². The fourth-order valence-corrected chi connectivity index (χ4v) is 2.53. The average molecular weight is 276 g/mol. The third kappa shape index (κ3) is 2.45. The molecular weight excluding hydrogens is 256 g/mol. The summed E-state index contributed by atoms with van der Waals surface area (Å²) in [6, 6.07) is 0. The number of hydrogen-bond donors (Lipinski definition) is 1. The van der Waals surface area contributed by atoms with E-state index in [1.54, 1.807) is 28.9 Å². The number of aromatic nitrogens is 2. The lowest BCUT2D eigenvalue weighted by Crippen LogP contribution is -2.52. The van der Waals surface area contributed by atoms with Crippen LogP contribution in [0.2, 0.25) is 0 Å². The maximum absolute atomic E-state index is 12.5. The topological polar surface area (TPSA) is 67.2 Å². The lowest BCUT2D eigenvalue weighted by atomic mass is 9.97. The van der Waals surface area contributed by atoms with Crippen molar-refractivity contribution in [3.63, 3.8) is 0 Å². The number of likely N-dealkylation sites (tertiary alicyclic amines) is 1. The third-order valence-electron chi connectivity index (χ3n) is 3.79. The molecule has 2 rings (SSSR count). The average Bonchev–Trinajstić information content (AvgIpc) is 3.05. The van der Waals surface area contributed by atoms with Crippen LogP contribution in [0.25, 0.3) is 0 Å². The number of aryl methyl sites for hydroxylation is 1. The van der Waals surface area contributed by atoms with Crippen LogP contribution in [0.4, 0.5) is 5.69 Å². The van der Waals surface area contributed by atoms with E-state index in [-0.39, 0.29) is 11.8 Å². The SMILES string of the molecule is C=CC(=O)N1CCCC1(C)C(=O)Nc1cnn(CC)c1. The second-order valence-corrected chi connectivity index (χ2v) is 5.11. The van der Waals surface area contributed by atoms with Crippen LogP contribution in [0.15, 0.2) is 25.0 Å². The number of rotatable bonds is 4. The molecule has 1 aliphatic rings. The van der Waals surface area contributed by atoms with Gasteiger partial charge in [0.2, 0.25) is 11.8 Å². The lowest BCUT2D eigenvalue weighted by Gasteiger charge is -2.32. The van der Waals surface area contributed by atoms with Crippen LogP contribution in [0.1, 0.15) is 26.7 Å². The number of carbonyl (C=O) groups excluding carboxylic acids is 2. The Morgan fingerprint density at radius 3 is 2.95 bits per heavy atom. The van der Waals surface area contributed by atoms with E-state index >= 15 is 0 Å². The molecular formula is C14H20N4O2. The summed E-state index contributed by atoms with van der Waals surface area (Å²) in [4.78, 5) is 25.9. The summed E-state index contributed by atoms with van der Waals surface area (Å²) in [5.74, 6) is -0.384. The number of nitrogens with one attached hydrogen (secondary N) is 1. The Bertz CT molecular complexity index is 537. The number of hydrogen-bond acceptors (Lipinski definition) is 3. The van der Waals surface area contributed by atoms with Gasteiger partial charge in [0.1, 0.15) is 5.54 Å². The smallest absolute Gasteiger partial charge is 0.250 e. The van der Waals surface area contributed by atoms with Gasteiger partial charge in [0.15, 0.2) is 0 Å². The fourth-order valence-electron chi connectivity index (χ4n) is 2.53. The Balaban J connectivity index is 2.14. The van der Waals surface area contributed by atoms with Crippen molar-refractivity contribution < 1.29 is 9.59 Å². The molecule has 0 radical (unpaired) electrons. The summed E-state index contributed by atoms with van der Waals surface area (Å²) >= 11 is 0. The van der Waals surface area contributed by atoms with Crippen molar-refractivity contribution in [2.45, 2.75) is 38.8 Å². The normalized spacial score (nSPS) is 21.8. The van der Waals surface area contributed by atoms with Gasteiger partial charge < -0.3 is 10.2 Å². The maximum atomic E-state index is 12.5. The molecule has 2 amide bonds. The van der Waals surface area contributed by atoms with Gasteiger partial charge in [-0.05, 0) is 32.8 Å². The first-order chi connectivity index (χ1) is 9.51. The van der Waals surface area contributed by atoms with Crippen molar-refractivity contribution in [2.24, 2.45) is 0 Å². The summed E-state index contributed by atoms with van der Waals surface area (Å²) in [5.41, 5.74) is -0.171. The van der Waals surface area contributed by atoms with Crippen molar-refractivity contribution >= 4 is 17.5 Å². The van der Waals surface area contributed by atoms with Gasteiger partial charge in [-0.3, -0.25) is 14.3 Å². The fraction of sp³-hybridized carbons (Fsp3) is 0.500. The number of anilines is 1. The standard InChI is InChI=1S/C14H20N4O2/c1-4-12(19)18-8-6-7-14(18,3)13(20)16-11-9-15-17(5-2)10-11/h4,9-10H,1,5-8H2,2-3H3,(H,16,20).